The van der Waals surface area contributed by atoms with Gasteiger partial charge >= 0.3 is 5.97 Å². The van der Waals surface area contributed by atoms with Gasteiger partial charge in [-0.25, -0.2) is 0 Å². The molecule has 1 aromatic rings. The van der Waals surface area contributed by atoms with Gasteiger partial charge < -0.3 is 10.1 Å². The van der Waals surface area contributed by atoms with Crippen molar-refractivity contribution in [3.63, 3.8) is 0 Å². The highest BCUT2D eigenvalue weighted by molar-refractivity contribution is 5.85. The van der Waals surface area contributed by atoms with Crippen LogP contribution in [0.4, 0.5) is 0 Å². The summed E-state index contributed by atoms with van der Waals surface area (Å²) in [7, 11) is 0. The predicted octanol–water partition coefficient (Wildman–Crippen LogP) is 3.03. The third-order valence-electron chi connectivity index (χ3n) is 3.94. The summed E-state index contributed by atoms with van der Waals surface area (Å²) in [5.74, 6) is -0.456. The Morgan fingerprint density at radius 1 is 1.27 bits per heavy atom. The molecule has 3 atom stereocenters. The van der Waals surface area contributed by atoms with Crippen molar-refractivity contribution in [3.05, 3.63) is 35.9 Å². The molecule has 1 amide bonds. The summed E-state index contributed by atoms with van der Waals surface area (Å²) in [6, 6.07) is 10.2. The molecule has 0 aromatic heterocycles. The average Bonchev–Trinajstić information content (AvgIpc) is 2.41. The number of benzene rings is 1. The van der Waals surface area contributed by atoms with Crippen LogP contribution >= 0.6 is 0 Å². The van der Waals surface area contributed by atoms with Crippen LogP contribution in [-0.4, -0.2) is 23.5 Å². The summed E-state index contributed by atoms with van der Waals surface area (Å²) in [4.78, 5) is 24.2. The summed E-state index contributed by atoms with van der Waals surface area (Å²) in [5.41, 5.74) is 0.679. The summed E-state index contributed by atoms with van der Waals surface area (Å²) in [5, 5.41) is 3.00. The van der Waals surface area contributed by atoms with Gasteiger partial charge in [-0.05, 0) is 39.7 Å². The minimum absolute atomic E-state index is 0.0504. The number of esters is 1. The molecular weight excluding hydrogens is 278 g/mol. The molecule has 1 aliphatic heterocycles. The van der Waals surface area contributed by atoms with Gasteiger partial charge in [0.1, 0.15) is 5.60 Å². The summed E-state index contributed by atoms with van der Waals surface area (Å²) in [6.07, 6.45) is 0.815. The van der Waals surface area contributed by atoms with E-state index in [1.54, 1.807) is 0 Å². The van der Waals surface area contributed by atoms with Gasteiger partial charge in [0.15, 0.2) is 0 Å². The first kappa shape index (κ1) is 16.5. The Bertz CT molecular complexity index is 533. The Labute approximate surface area is 132 Å². The zero-order chi connectivity index (χ0) is 16.3. The van der Waals surface area contributed by atoms with Crippen molar-refractivity contribution in [1.82, 2.24) is 5.32 Å². The number of carbonyl (C=O) groups excluding carboxylic acids is 2. The maximum Gasteiger partial charge on any atom is 0.307 e. The number of piperidine rings is 1. The minimum atomic E-state index is -0.519. The summed E-state index contributed by atoms with van der Waals surface area (Å²) >= 11 is 0. The Morgan fingerprint density at radius 2 is 1.91 bits per heavy atom. The fourth-order valence-corrected chi connectivity index (χ4v) is 2.95. The standard InChI is InChI=1S/C18H25NO3/c1-12-15(13-8-6-5-7-9-13)10-14(17(21)19-12)11-16(20)22-18(2,3)4/h5-9,12,14-15H,10-11H2,1-4H3,(H,19,21)/t12-,14-,15-/m1/s1. The lowest BCUT2D eigenvalue weighted by Crippen LogP contribution is -2.47. The predicted molar refractivity (Wildman–Crippen MR) is 85.4 cm³/mol. The van der Waals surface area contributed by atoms with E-state index < -0.39 is 5.60 Å². The van der Waals surface area contributed by atoms with Crippen molar-refractivity contribution in [2.24, 2.45) is 5.92 Å². The van der Waals surface area contributed by atoms with Crippen molar-refractivity contribution in [2.75, 3.05) is 0 Å². The molecule has 1 aliphatic rings. The summed E-state index contributed by atoms with van der Waals surface area (Å²) < 4.78 is 5.34. The number of amides is 1. The molecule has 1 N–H and O–H groups in total. The molecule has 0 bridgehead atoms. The van der Waals surface area contributed by atoms with Gasteiger partial charge in [0, 0.05) is 17.9 Å². The van der Waals surface area contributed by atoms with Crippen LogP contribution in [0, 0.1) is 5.92 Å². The lowest BCUT2D eigenvalue weighted by Gasteiger charge is -2.35. The van der Waals surface area contributed by atoms with Crippen molar-refractivity contribution < 1.29 is 14.3 Å². The van der Waals surface area contributed by atoms with Crippen LogP contribution in [0.3, 0.4) is 0 Å². The number of ether oxygens (including phenoxy) is 1. The van der Waals surface area contributed by atoms with Gasteiger partial charge in [-0.15, -0.1) is 0 Å². The molecule has 0 saturated carbocycles. The lowest BCUT2D eigenvalue weighted by atomic mass is 9.79. The first-order valence-corrected chi connectivity index (χ1v) is 7.83. The number of hydrogen-bond donors (Lipinski definition) is 1. The van der Waals surface area contributed by atoms with Gasteiger partial charge in [0.2, 0.25) is 5.91 Å². The highest BCUT2D eigenvalue weighted by atomic mass is 16.6. The fourth-order valence-electron chi connectivity index (χ4n) is 2.95. The van der Waals surface area contributed by atoms with E-state index >= 15 is 0 Å². The second kappa shape index (κ2) is 6.51. The molecule has 0 radical (unpaired) electrons. The van der Waals surface area contributed by atoms with Gasteiger partial charge in [0.05, 0.1) is 6.42 Å². The van der Waals surface area contributed by atoms with Crippen molar-refractivity contribution >= 4 is 11.9 Å². The van der Waals surface area contributed by atoms with Crippen LogP contribution in [0.5, 0.6) is 0 Å². The lowest BCUT2D eigenvalue weighted by molar-refractivity contribution is -0.158. The molecule has 1 fully saturated rings. The SMILES string of the molecule is C[C@H]1NC(=O)[C@@H](CC(=O)OC(C)(C)C)C[C@H]1c1ccccc1. The van der Waals surface area contributed by atoms with Crippen LogP contribution in [-0.2, 0) is 14.3 Å². The maximum absolute atomic E-state index is 12.2. The second-order valence-electron chi connectivity index (χ2n) is 7.04. The number of carbonyl (C=O) groups is 2. The smallest absolute Gasteiger partial charge is 0.307 e. The number of rotatable bonds is 3. The van der Waals surface area contributed by atoms with Gasteiger partial charge in [-0.3, -0.25) is 9.59 Å². The van der Waals surface area contributed by atoms with E-state index in [1.165, 1.54) is 5.56 Å². The molecule has 1 heterocycles. The van der Waals surface area contributed by atoms with E-state index in [0.29, 0.717) is 6.42 Å². The van der Waals surface area contributed by atoms with Gasteiger partial charge in [-0.2, -0.15) is 0 Å². The molecule has 120 valence electrons. The fraction of sp³-hybridized carbons (Fsp3) is 0.556. The Morgan fingerprint density at radius 3 is 2.50 bits per heavy atom. The minimum Gasteiger partial charge on any atom is -0.460 e. The van der Waals surface area contributed by atoms with E-state index in [2.05, 4.69) is 17.4 Å². The zero-order valence-electron chi connectivity index (χ0n) is 13.8. The number of hydrogen-bond acceptors (Lipinski definition) is 3. The van der Waals surface area contributed by atoms with Crippen LogP contribution in [0.25, 0.3) is 0 Å². The second-order valence-corrected chi connectivity index (χ2v) is 7.04. The van der Waals surface area contributed by atoms with Gasteiger partial charge in [-0.1, -0.05) is 30.3 Å². The molecular formula is C18H25NO3. The van der Waals surface area contributed by atoms with Crippen molar-refractivity contribution in [1.29, 1.82) is 0 Å². The van der Waals surface area contributed by atoms with E-state index in [1.807, 2.05) is 45.9 Å². The average molecular weight is 303 g/mol. The van der Waals surface area contributed by atoms with Crippen molar-refractivity contribution in [2.45, 2.75) is 58.1 Å². The zero-order valence-corrected chi connectivity index (χ0v) is 13.8. The topological polar surface area (TPSA) is 55.4 Å². The molecule has 1 saturated heterocycles. The normalized spacial score (nSPS) is 25.5. The van der Waals surface area contributed by atoms with E-state index in [0.717, 1.165) is 0 Å². The number of nitrogens with one attached hydrogen (secondary N) is 1. The molecule has 1 aromatic carbocycles. The molecule has 0 aliphatic carbocycles. The van der Waals surface area contributed by atoms with Crippen LogP contribution in [0.2, 0.25) is 0 Å². The Kier molecular flexibility index (Phi) is 4.89. The third kappa shape index (κ3) is 4.33. The first-order chi connectivity index (χ1) is 10.3. The first-order valence-electron chi connectivity index (χ1n) is 7.83. The molecule has 2 rings (SSSR count). The molecule has 4 nitrogen and oxygen atoms in total. The maximum atomic E-state index is 12.2. The van der Waals surface area contributed by atoms with Crippen molar-refractivity contribution in [3.8, 4) is 0 Å². The van der Waals surface area contributed by atoms with E-state index in [4.69, 9.17) is 4.74 Å². The van der Waals surface area contributed by atoms with E-state index in [-0.39, 0.29) is 36.2 Å². The molecule has 0 unspecified atom stereocenters. The van der Waals surface area contributed by atoms with Gasteiger partial charge in [0.25, 0.3) is 0 Å². The highest BCUT2D eigenvalue weighted by Crippen LogP contribution is 2.33. The Hall–Kier alpha value is -1.84. The van der Waals surface area contributed by atoms with E-state index in [9.17, 15) is 9.59 Å². The molecule has 4 heteroatoms. The largest absolute Gasteiger partial charge is 0.460 e. The third-order valence-corrected chi connectivity index (χ3v) is 3.94. The monoisotopic (exact) mass is 303 g/mol. The molecule has 22 heavy (non-hydrogen) atoms. The van der Waals surface area contributed by atoms with Crippen LogP contribution in [0.1, 0.15) is 52.0 Å². The molecule has 0 spiro atoms. The summed E-state index contributed by atoms with van der Waals surface area (Å²) in [6.45, 7) is 7.52. The quantitative estimate of drug-likeness (QED) is 0.873. The van der Waals surface area contributed by atoms with Crippen LogP contribution in [0.15, 0.2) is 30.3 Å². The Balaban J connectivity index is 2.06. The highest BCUT2D eigenvalue weighted by Gasteiger charge is 2.36. The van der Waals surface area contributed by atoms with Crippen LogP contribution < -0.4 is 5.32 Å².